The normalized spacial score (nSPS) is 11.9. The fourth-order valence-corrected chi connectivity index (χ4v) is 2.09. The molecular formula is C15H22N2O4. The van der Waals surface area contributed by atoms with Crippen LogP contribution in [0.3, 0.4) is 0 Å². The third kappa shape index (κ3) is 5.33. The van der Waals surface area contributed by atoms with Gasteiger partial charge in [0.25, 0.3) is 0 Å². The van der Waals surface area contributed by atoms with Crippen molar-refractivity contribution in [2.24, 2.45) is 5.92 Å². The summed E-state index contributed by atoms with van der Waals surface area (Å²) in [6.45, 7) is 6.08. The molecule has 0 aromatic heterocycles. The third-order valence-electron chi connectivity index (χ3n) is 2.90. The Hall–Kier alpha value is -2.24. The zero-order chi connectivity index (χ0) is 16.0. The minimum atomic E-state index is -1.06. The Morgan fingerprint density at radius 2 is 1.95 bits per heavy atom. The van der Waals surface area contributed by atoms with Gasteiger partial charge in [-0.3, -0.25) is 0 Å². The molecule has 0 bridgehead atoms. The monoisotopic (exact) mass is 294 g/mol. The molecule has 21 heavy (non-hydrogen) atoms. The Balaban J connectivity index is 2.78. The first-order valence-electron chi connectivity index (χ1n) is 6.82. The lowest BCUT2D eigenvalue weighted by Gasteiger charge is -2.17. The first-order chi connectivity index (χ1) is 9.83. The maximum atomic E-state index is 11.9. The van der Waals surface area contributed by atoms with Crippen LogP contribution in [0.2, 0.25) is 0 Å². The SMILES string of the molecule is COc1ccc(C(=O)O)cc1NC(=O)NC(C)CC(C)C. The van der Waals surface area contributed by atoms with Crippen molar-refractivity contribution in [2.75, 3.05) is 12.4 Å². The second kappa shape index (κ2) is 7.52. The minimum Gasteiger partial charge on any atom is -0.495 e. The number of hydrogen-bond donors (Lipinski definition) is 3. The largest absolute Gasteiger partial charge is 0.495 e. The molecule has 3 N–H and O–H groups in total. The molecule has 116 valence electrons. The molecule has 0 aliphatic heterocycles. The number of aromatic carboxylic acids is 1. The van der Waals surface area contributed by atoms with E-state index in [1.807, 2.05) is 6.92 Å². The molecule has 1 aromatic carbocycles. The minimum absolute atomic E-state index is 0.0265. The summed E-state index contributed by atoms with van der Waals surface area (Å²) in [6.07, 6.45) is 0.861. The van der Waals surface area contributed by atoms with Crippen molar-refractivity contribution < 1.29 is 19.4 Å². The van der Waals surface area contributed by atoms with Gasteiger partial charge < -0.3 is 20.5 Å². The maximum absolute atomic E-state index is 11.9. The molecule has 0 spiro atoms. The highest BCUT2D eigenvalue weighted by molar-refractivity contribution is 5.94. The third-order valence-corrected chi connectivity index (χ3v) is 2.90. The number of hydrogen-bond acceptors (Lipinski definition) is 3. The smallest absolute Gasteiger partial charge is 0.335 e. The van der Waals surface area contributed by atoms with Crippen molar-refractivity contribution in [3.8, 4) is 5.75 Å². The fraction of sp³-hybridized carbons (Fsp3) is 0.467. The number of rotatable bonds is 6. The van der Waals surface area contributed by atoms with Gasteiger partial charge >= 0.3 is 12.0 Å². The summed E-state index contributed by atoms with van der Waals surface area (Å²) in [5.74, 6) is -0.175. The van der Waals surface area contributed by atoms with Gasteiger partial charge in [-0.2, -0.15) is 0 Å². The average Bonchev–Trinajstić information content (AvgIpc) is 2.37. The van der Waals surface area contributed by atoms with Crippen molar-refractivity contribution >= 4 is 17.7 Å². The van der Waals surface area contributed by atoms with Gasteiger partial charge in [0.15, 0.2) is 0 Å². The second-order valence-corrected chi connectivity index (χ2v) is 5.35. The van der Waals surface area contributed by atoms with Gasteiger partial charge in [-0.05, 0) is 37.5 Å². The van der Waals surface area contributed by atoms with Crippen LogP contribution in [0.5, 0.6) is 5.75 Å². The van der Waals surface area contributed by atoms with Gasteiger partial charge in [-0.25, -0.2) is 9.59 Å². The molecule has 1 aromatic rings. The van der Waals surface area contributed by atoms with Gasteiger partial charge in [0.2, 0.25) is 0 Å². The lowest BCUT2D eigenvalue weighted by Crippen LogP contribution is -2.36. The summed E-state index contributed by atoms with van der Waals surface area (Å²) in [7, 11) is 1.46. The van der Waals surface area contributed by atoms with E-state index in [1.54, 1.807) is 0 Å². The van der Waals surface area contributed by atoms with Gasteiger partial charge in [-0.1, -0.05) is 13.8 Å². The van der Waals surface area contributed by atoms with Crippen molar-refractivity contribution in [3.05, 3.63) is 23.8 Å². The molecular weight excluding hydrogens is 272 g/mol. The van der Waals surface area contributed by atoms with Crippen LogP contribution >= 0.6 is 0 Å². The molecule has 1 unspecified atom stereocenters. The molecule has 0 heterocycles. The van der Waals surface area contributed by atoms with E-state index in [-0.39, 0.29) is 17.6 Å². The molecule has 1 atom stereocenters. The Bertz CT molecular complexity index is 514. The highest BCUT2D eigenvalue weighted by Gasteiger charge is 2.13. The highest BCUT2D eigenvalue weighted by atomic mass is 16.5. The number of ether oxygens (including phenoxy) is 1. The van der Waals surface area contributed by atoms with Crippen LogP contribution in [-0.2, 0) is 0 Å². The summed E-state index contributed by atoms with van der Waals surface area (Å²) in [4.78, 5) is 22.9. The molecule has 0 aliphatic carbocycles. The van der Waals surface area contributed by atoms with Crippen LogP contribution < -0.4 is 15.4 Å². The number of anilines is 1. The summed E-state index contributed by atoms with van der Waals surface area (Å²) in [5.41, 5.74) is 0.410. The van der Waals surface area contributed by atoms with Crippen molar-refractivity contribution in [1.29, 1.82) is 0 Å². The van der Waals surface area contributed by atoms with Gasteiger partial charge in [0.1, 0.15) is 5.75 Å². The van der Waals surface area contributed by atoms with Crippen molar-refractivity contribution in [2.45, 2.75) is 33.2 Å². The number of carboxylic acids is 1. The molecule has 0 radical (unpaired) electrons. The van der Waals surface area contributed by atoms with E-state index in [9.17, 15) is 9.59 Å². The standard InChI is InChI=1S/C15H22N2O4/c1-9(2)7-10(3)16-15(20)17-12-8-11(14(18)19)5-6-13(12)21-4/h5-6,8-10H,7H2,1-4H3,(H,18,19)(H2,16,17,20). The fourth-order valence-electron chi connectivity index (χ4n) is 2.09. The predicted octanol–water partition coefficient (Wildman–Crippen LogP) is 2.95. The predicted molar refractivity (Wildman–Crippen MR) is 81.0 cm³/mol. The number of urea groups is 1. The lowest BCUT2D eigenvalue weighted by molar-refractivity contribution is 0.0697. The summed E-state index contributed by atoms with van der Waals surface area (Å²) in [6, 6.07) is 3.94. The first kappa shape index (κ1) is 16.8. The van der Waals surface area contributed by atoms with Gasteiger partial charge in [0, 0.05) is 6.04 Å². The molecule has 0 saturated carbocycles. The quantitative estimate of drug-likeness (QED) is 0.752. The summed E-state index contributed by atoms with van der Waals surface area (Å²) in [5, 5.41) is 14.4. The topological polar surface area (TPSA) is 87.7 Å². The molecule has 6 nitrogen and oxygen atoms in total. The summed E-state index contributed by atoms with van der Waals surface area (Å²) >= 11 is 0. The molecule has 1 rings (SSSR count). The van der Waals surface area contributed by atoms with Gasteiger partial charge in [0.05, 0.1) is 18.4 Å². The Morgan fingerprint density at radius 1 is 1.29 bits per heavy atom. The van der Waals surface area contributed by atoms with Crippen LogP contribution in [0.25, 0.3) is 0 Å². The van der Waals surface area contributed by atoms with E-state index in [1.165, 1.54) is 25.3 Å². The number of carbonyl (C=O) groups is 2. The lowest BCUT2D eigenvalue weighted by atomic mass is 10.1. The van der Waals surface area contributed by atoms with Crippen molar-refractivity contribution in [1.82, 2.24) is 5.32 Å². The molecule has 0 saturated heterocycles. The molecule has 6 heteroatoms. The Kier molecular flexibility index (Phi) is 6.02. The summed E-state index contributed by atoms with van der Waals surface area (Å²) < 4.78 is 5.12. The zero-order valence-electron chi connectivity index (χ0n) is 12.8. The Labute approximate surface area is 124 Å². The number of amides is 2. The van der Waals surface area contributed by atoms with Crippen LogP contribution in [0, 0.1) is 5.92 Å². The van der Waals surface area contributed by atoms with Gasteiger partial charge in [-0.15, -0.1) is 0 Å². The van der Waals surface area contributed by atoms with Crippen LogP contribution in [0.15, 0.2) is 18.2 Å². The van der Waals surface area contributed by atoms with E-state index in [0.29, 0.717) is 17.4 Å². The number of carbonyl (C=O) groups excluding carboxylic acids is 1. The van der Waals surface area contributed by atoms with Crippen LogP contribution in [0.4, 0.5) is 10.5 Å². The molecule has 2 amide bonds. The number of nitrogens with one attached hydrogen (secondary N) is 2. The molecule has 0 aliphatic rings. The maximum Gasteiger partial charge on any atom is 0.335 e. The number of methoxy groups -OCH3 is 1. The van der Waals surface area contributed by atoms with Crippen molar-refractivity contribution in [3.63, 3.8) is 0 Å². The number of carboxylic acid groups (broad SMARTS) is 1. The highest BCUT2D eigenvalue weighted by Crippen LogP contribution is 2.25. The average molecular weight is 294 g/mol. The van der Waals surface area contributed by atoms with E-state index in [0.717, 1.165) is 6.42 Å². The second-order valence-electron chi connectivity index (χ2n) is 5.35. The first-order valence-corrected chi connectivity index (χ1v) is 6.82. The number of benzene rings is 1. The van der Waals surface area contributed by atoms with E-state index in [4.69, 9.17) is 9.84 Å². The van der Waals surface area contributed by atoms with Crippen LogP contribution in [-0.4, -0.2) is 30.3 Å². The van der Waals surface area contributed by atoms with E-state index >= 15 is 0 Å². The zero-order valence-corrected chi connectivity index (χ0v) is 12.8. The van der Waals surface area contributed by atoms with E-state index in [2.05, 4.69) is 24.5 Å². The van der Waals surface area contributed by atoms with Crippen LogP contribution in [0.1, 0.15) is 37.6 Å². The Morgan fingerprint density at radius 3 is 2.48 bits per heavy atom. The molecule has 0 fully saturated rings. The van der Waals surface area contributed by atoms with E-state index < -0.39 is 5.97 Å².